The summed E-state index contributed by atoms with van der Waals surface area (Å²) in [4.78, 5) is 12.2. The molecule has 1 heterocycles. The van der Waals surface area contributed by atoms with Gasteiger partial charge in [0, 0.05) is 0 Å². The van der Waals surface area contributed by atoms with Gasteiger partial charge in [-0.2, -0.15) is 4.68 Å². The molecule has 0 spiro atoms. The summed E-state index contributed by atoms with van der Waals surface area (Å²) in [5.74, 6) is -0.0950. The van der Waals surface area contributed by atoms with Crippen molar-refractivity contribution in [2.24, 2.45) is 0 Å². The minimum Gasteiger partial charge on any atom is -0.324 e. The van der Waals surface area contributed by atoms with Crippen LogP contribution in [0.1, 0.15) is 5.56 Å². The third-order valence-electron chi connectivity index (χ3n) is 3.28. The zero-order valence-corrected chi connectivity index (χ0v) is 15.4. The van der Waals surface area contributed by atoms with Crippen LogP contribution in [-0.2, 0) is 4.79 Å². The highest BCUT2D eigenvalue weighted by Crippen LogP contribution is 2.29. The number of tetrazole rings is 1. The number of carbonyl (C=O) groups is 1. The van der Waals surface area contributed by atoms with Gasteiger partial charge in [0.1, 0.15) is 0 Å². The molecule has 128 valence electrons. The van der Waals surface area contributed by atoms with Crippen molar-refractivity contribution in [3.63, 3.8) is 0 Å². The molecule has 0 radical (unpaired) electrons. The number of anilines is 1. The van der Waals surface area contributed by atoms with E-state index in [1.807, 2.05) is 31.2 Å². The first-order chi connectivity index (χ1) is 12.0. The zero-order valence-electron chi connectivity index (χ0n) is 13.1. The minimum absolute atomic E-state index is 0.134. The van der Waals surface area contributed by atoms with Gasteiger partial charge in [-0.05, 0) is 41.6 Å². The number of rotatable bonds is 5. The Kier molecular flexibility index (Phi) is 5.57. The average molecular weight is 394 g/mol. The molecular weight excluding hydrogens is 381 g/mol. The van der Waals surface area contributed by atoms with Crippen LogP contribution in [0, 0.1) is 6.92 Å². The van der Waals surface area contributed by atoms with E-state index in [2.05, 4.69) is 20.8 Å². The fourth-order valence-electron chi connectivity index (χ4n) is 2.03. The normalized spacial score (nSPS) is 10.7. The van der Waals surface area contributed by atoms with Gasteiger partial charge in [0.15, 0.2) is 0 Å². The van der Waals surface area contributed by atoms with Gasteiger partial charge in [-0.15, -0.1) is 5.10 Å². The van der Waals surface area contributed by atoms with E-state index in [1.165, 1.54) is 11.8 Å². The smallest absolute Gasteiger partial charge is 0.234 e. The fourth-order valence-corrected chi connectivity index (χ4v) is 3.07. The molecule has 0 saturated carbocycles. The topological polar surface area (TPSA) is 72.7 Å². The number of carbonyl (C=O) groups excluding carboxylic acids is 1. The quantitative estimate of drug-likeness (QED) is 0.662. The molecule has 0 fully saturated rings. The van der Waals surface area contributed by atoms with E-state index in [0.717, 1.165) is 11.3 Å². The molecule has 1 amide bonds. The number of aryl methyl sites for hydroxylation is 1. The molecule has 1 N–H and O–H groups in total. The van der Waals surface area contributed by atoms with Crippen molar-refractivity contribution in [3.8, 4) is 5.69 Å². The summed E-state index contributed by atoms with van der Waals surface area (Å²) in [5, 5.41) is 15.6. The number of nitrogens with zero attached hydrogens (tertiary/aromatic N) is 4. The maximum absolute atomic E-state index is 12.2. The Balaban J connectivity index is 1.66. The van der Waals surface area contributed by atoms with E-state index < -0.39 is 0 Å². The van der Waals surface area contributed by atoms with E-state index in [9.17, 15) is 4.79 Å². The third-order valence-corrected chi connectivity index (χ3v) is 5.02. The number of halogens is 2. The van der Waals surface area contributed by atoms with Crippen molar-refractivity contribution in [1.29, 1.82) is 0 Å². The molecule has 0 aliphatic rings. The van der Waals surface area contributed by atoms with Crippen molar-refractivity contribution in [2.45, 2.75) is 12.1 Å². The van der Waals surface area contributed by atoms with Crippen molar-refractivity contribution in [2.75, 3.05) is 11.1 Å². The summed E-state index contributed by atoms with van der Waals surface area (Å²) < 4.78 is 1.59. The second-order valence-electron chi connectivity index (χ2n) is 5.15. The molecule has 25 heavy (non-hydrogen) atoms. The number of benzene rings is 2. The Labute approximate surface area is 158 Å². The number of aromatic nitrogens is 4. The highest BCUT2D eigenvalue weighted by atomic mass is 35.5. The van der Waals surface area contributed by atoms with Crippen LogP contribution in [0.15, 0.2) is 47.6 Å². The van der Waals surface area contributed by atoms with Gasteiger partial charge in [0.2, 0.25) is 11.1 Å². The molecule has 6 nitrogen and oxygen atoms in total. The second-order valence-corrected chi connectivity index (χ2v) is 6.87. The van der Waals surface area contributed by atoms with E-state index in [4.69, 9.17) is 23.2 Å². The number of nitrogens with one attached hydrogen (secondary N) is 1. The van der Waals surface area contributed by atoms with Crippen LogP contribution in [0.25, 0.3) is 5.69 Å². The van der Waals surface area contributed by atoms with Crippen molar-refractivity contribution >= 4 is 46.6 Å². The number of thioether (sulfide) groups is 1. The molecule has 3 aromatic rings. The summed E-state index contributed by atoms with van der Waals surface area (Å²) in [6, 6.07) is 12.8. The zero-order chi connectivity index (χ0) is 17.8. The lowest BCUT2D eigenvalue weighted by Crippen LogP contribution is -2.15. The molecule has 0 unspecified atom stereocenters. The van der Waals surface area contributed by atoms with Crippen LogP contribution in [0.5, 0.6) is 0 Å². The van der Waals surface area contributed by atoms with Gasteiger partial charge in [-0.1, -0.05) is 58.7 Å². The predicted molar refractivity (Wildman–Crippen MR) is 99.7 cm³/mol. The number of hydrogen-bond donors (Lipinski definition) is 1. The molecule has 0 bridgehead atoms. The first-order valence-corrected chi connectivity index (χ1v) is 9.01. The summed E-state index contributed by atoms with van der Waals surface area (Å²) in [7, 11) is 0. The minimum atomic E-state index is -0.229. The van der Waals surface area contributed by atoms with Crippen LogP contribution in [-0.4, -0.2) is 31.9 Å². The highest BCUT2D eigenvalue weighted by molar-refractivity contribution is 7.99. The summed E-state index contributed by atoms with van der Waals surface area (Å²) in [6.45, 7) is 2.00. The first kappa shape index (κ1) is 17.7. The van der Waals surface area contributed by atoms with Gasteiger partial charge in [-0.25, -0.2) is 0 Å². The Morgan fingerprint density at radius 2 is 1.96 bits per heavy atom. The van der Waals surface area contributed by atoms with Crippen molar-refractivity contribution in [3.05, 3.63) is 58.1 Å². The highest BCUT2D eigenvalue weighted by Gasteiger charge is 2.13. The Bertz CT molecular complexity index is 898. The maximum Gasteiger partial charge on any atom is 0.234 e. The van der Waals surface area contributed by atoms with Crippen LogP contribution >= 0.6 is 35.0 Å². The molecule has 0 aliphatic heterocycles. The van der Waals surface area contributed by atoms with Crippen LogP contribution in [0.4, 0.5) is 5.69 Å². The standard InChI is InChI=1S/C16H13Cl2N5OS/c1-10-5-7-11(8-6-10)23-16(20-21-22-23)25-9-14(24)19-13-4-2-3-12(17)15(13)18/h2-8H,9H2,1H3,(H,19,24). The van der Waals surface area contributed by atoms with E-state index in [1.54, 1.807) is 22.9 Å². The largest absolute Gasteiger partial charge is 0.324 e. The van der Waals surface area contributed by atoms with Crippen LogP contribution in [0.3, 0.4) is 0 Å². The van der Waals surface area contributed by atoms with Gasteiger partial charge in [-0.3, -0.25) is 4.79 Å². The molecule has 2 aromatic carbocycles. The Morgan fingerprint density at radius 1 is 1.20 bits per heavy atom. The summed E-state index contributed by atoms with van der Waals surface area (Å²) in [6.07, 6.45) is 0. The molecule has 0 saturated heterocycles. The monoisotopic (exact) mass is 393 g/mol. The molecular formula is C16H13Cl2N5OS. The van der Waals surface area contributed by atoms with Crippen LogP contribution in [0.2, 0.25) is 10.0 Å². The van der Waals surface area contributed by atoms with Crippen molar-refractivity contribution < 1.29 is 4.79 Å². The molecule has 3 rings (SSSR count). The number of amides is 1. The lowest BCUT2D eigenvalue weighted by Gasteiger charge is -2.08. The molecule has 0 aliphatic carbocycles. The maximum atomic E-state index is 12.2. The molecule has 1 aromatic heterocycles. The lowest BCUT2D eigenvalue weighted by molar-refractivity contribution is -0.113. The Hall–Kier alpha value is -2.09. The fraction of sp³-hybridized carbons (Fsp3) is 0.125. The van der Waals surface area contributed by atoms with E-state index >= 15 is 0 Å². The van der Waals surface area contributed by atoms with Gasteiger partial charge in [0.05, 0.1) is 27.2 Å². The van der Waals surface area contributed by atoms with Gasteiger partial charge < -0.3 is 5.32 Å². The Morgan fingerprint density at radius 3 is 2.72 bits per heavy atom. The third kappa shape index (κ3) is 4.31. The van der Waals surface area contributed by atoms with E-state index in [0.29, 0.717) is 20.9 Å². The molecule has 9 heteroatoms. The predicted octanol–water partition coefficient (Wildman–Crippen LogP) is 4.01. The SMILES string of the molecule is Cc1ccc(-n2nnnc2SCC(=O)Nc2cccc(Cl)c2Cl)cc1. The van der Waals surface area contributed by atoms with Gasteiger partial charge >= 0.3 is 0 Å². The summed E-state index contributed by atoms with van der Waals surface area (Å²) >= 11 is 13.2. The van der Waals surface area contributed by atoms with Crippen molar-refractivity contribution in [1.82, 2.24) is 20.2 Å². The van der Waals surface area contributed by atoms with Crippen LogP contribution < -0.4 is 5.32 Å². The average Bonchev–Trinajstić information content (AvgIpc) is 3.06. The van der Waals surface area contributed by atoms with E-state index in [-0.39, 0.29) is 11.7 Å². The number of hydrogen-bond acceptors (Lipinski definition) is 5. The lowest BCUT2D eigenvalue weighted by atomic mass is 10.2. The summed E-state index contributed by atoms with van der Waals surface area (Å²) in [5.41, 5.74) is 2.44. The second kappa shape index (κ2) is 7.86. The first-order valence-electron chi connectivity index (χ1n) is 7.26. The van der Waals surface area contributed by atoms with Gasteiger partial charge in [0.25, 0.3) is 0 Å². The molecule has 0 atom stereocenters.